The van der Waals surface area contributed by atoms with Crippen molar-refractivity contribution in [3.8, 4) is 0 Å². The van der Waals surface area contributed by atoms with E-state index in [1.807, 2.05) is 12.1 Å². The number of nitrogens with two attached hydrogens (primary N) is 1. The number of rotatable bonds is 2. The maximum atomic E-state index is 6.08. The standard InChI is InChI=1S/C12H15Cl2N/c1-8(15)12(5-2-6-12)9-3-4-10(13)11(14)7-9/h3-4,7-8H,2,5-6,15H2,1H3. The fourth-order valence-corrected chi connectivity index (χ4v) is 2.67. The molecule has 0 amide bonds. The molecule has 1 fully saturated rings. The molecule has 1 saturated carbocycles. The van der Waals surface area contributed by atoms with Gasteiger partial charge >= 0.3 is 0 Å². The molecule has 1 atom stereocenters. The minimum absolute atomic E-state index is 0.133. The third kappa shape index (κ3) is 1.77. The molecule has 0 heterocycles. The topological polar surface area (TPSA) is 26.0 Å². The van der Waals surface area contributed by atoms with E-state index in [0.717, 1.165) is 12.8 Å². The summed E-state index contributed by atoms with van der Waals surface area (Å²) < 4.78 is 0. The van der Waals surface area contributed by atoms with E-state index in [0.29, 0.717) is 10.0 Å². The molecule has 15 heavy (non-hydrogen) atoms. The molecule has 0 bridgehead atoms. The molecule has 82 valence electrons. The summed E-state index contributed by atoms with van der Waals surface area (Å²) >= 11 is 11.9. The van der Waals surface area contributed by atoms with Crippen LogP contribution in [-0.2, 0) is 5.41 Å². The van der Waals surface area contributed by atoms with Crippen molar-refractivity contribution >= 4 is 23.2 Å². The minimum Gasteiger partial charge on any atom is -0.327 e. The van der Waals surface area contributed by atoms with E-state index in [4.69, 9.17) is 28.9 Å². The van der Waals surface area contributed by atoms with Crippen LogP contribution in [0.15, 0.2) is 18.2 Å². The van der Waals surface area contributed by atoms with Crippen molar-refractivity contribution in [1.29, 1.82) is 0 Å². The second kappa shape index (κ2) is 3.97. The number of benzene rings is 1. The van der Waals surface area contributed by atoms with Crippen molar-refractivity contribution in [3.05, 3.63) is 33.8 Å². The maximum absolute atomic E-state index is 6.08. The predicted octanol–water partition coefficient (Wildman–Crippen LogP) is 3.76. The van der Waals surface area contributed by atoms with Gasteiger partial charge in [-0.25, -0.2) is 0 Å². The van der Waals surface area contributed by atoms with Crippen molar-refractivity contribution in [2.45, 2.75) is 37.6 Å². The first-order valence-electron chi connectivity index (χ1n) is 5.27. The monoisotopic (exact) mass is 243 g/mol. The average Bonchev–Trinajstić information content (AvgIpc) is 2.08. The van der Waals surface area contributed by atoms with Crippen LogP contribution in [0.25, 0.3) is 0 Å². The van der Waals surface area contributed by atoms with E-state index < -0.39 is 0 Å². The fourth-order valence-electron chi connectivity index (χ4n) is 2.37. The first kappa shape index (κ1) is 11.3. The van der Waals surface area contributed by atoms with Crippen molar-refractivity contribution in [1.82, 2.24) is 0 Å². The van der Waals surface area contributed by atoms with Gasteiger partial charge in [-0.15, -0.1) is 0 Å². The second-order valence-electron chi connectivity index (χ2n) is 4.43. The van der Waals surface area contributed by atoms with Gasteiger partial charge in [0, 0.05) is 11.5 Å². The van der Waals surface area contributed by atoms with Crippen LogP contribution in [0, 0.1) is 0 Å². The molecule has 1 unspecified atom stereocenters. The highest BCUT2D eigenvalue weighted by Crippen LogP contribution is 2.46. The van der Waals surface area contributed by atoms with Crippen molar-refractivity contribution in [2.24, 2.45) is 5.73 Å². The summed E-state index contributed by atoms with van der Waals surface area (Å²) in [7, 11) is 0. The van der Waals surface area contributed by atoms with Crippen molar-refractivity contribution in [2.75, 3.05) is 0 Å². The lowest BCUT2D eigenvalue weighted by Gasteiger charge is -2.46. The molecule has 1 aliphatic rings. The lowest BCUT2D eigenvalue weighted by Crippen LogP contribution is -2.48. The molecule has 0 aromatic heterocycles. The molecule has 0 aliphatic heterocycles. The summed E-state index contributed by atoms with van der Waals surface area (Å²) in [4.78, 5) is 0. The van der Waals surface area contributed by atoms with E-state index >= 15 is 0 Å². The Kier molecular flexibility index (Phi) is 2.98. The zero-order valence-electron chi connectivity index (χ0n) is 8.76. The van der Waals surface area contributed by atoms with Gasteiger partial charge in [-0.2, -0.15) is 0 Å². The summed E-state index contributed by atoms with van der Waals surface area (Å²) in [5.41, 5.74) is 7.44. The minimum atomic E-state index is 0.133. The van der Waals surface area contributed by atoms with Crippen LogP contribution in [0.2, 0.25) is 10.0 Å². The summed E-state index contributed by atoms with van der Waals surface area (Å²) in [6, 6.07) is 6.05. The van der Waals surface area contributed by atoms with Crippen LogP contribution in [0.1, 0.15) is 31.7 Å². The van der Waals surface area contributed by atoms with Gasteiger partial charge < -0.3 is 5.73 Å². The van der Waals surface area contributed by atoms with Crippen LogP contribution in [-0.4, -0.2) is 6.04 Å². The van der Waals surface area contributed by atoms with Gasteiger partial charge in [0.05, 0.1) is 10.0 Å². The Morgan fingerprint density at radius 1 is 1.27 bits per heavy atom. The zero-order valence-corrected chi connectivity index (χ0v) is 10.3. The van der Waals surface area contributed by atoms with Crippen LogP contribution < -0.4 is 5.73 Å². The summed E-state index contributed by atoms with van der Waals surface area (Å²) in [5.74, 6) is 0. The predicted molar refractivity (Wildman–Crippen MR) is 65.6 cm³/mol. The third-order valence-corrected chi connectivity index (χ3v) is 4.35. The Morgan fingerprint density at radius 3 is 2.33 bits per heavy atom. The smallest absolute Gasteiger partial charge is 0.0595 e. The zero-order chi connectivity index (χ0) is 11.1. The second-order valence-corrected chi connectivity index (χ2v) is 5.24. The third-order valence-electron chi connectivity index (χ3n) is 3.61. The first-order valence-corrected chi connectivity index (χ1v) is 6.03. The molecule has 1 aromatic rings. The maximum Gasteiger partial charge on any atom is 0.0595 e. The van der Waals surface area contributed by atoms with Gasteiger partial charge in [0.15, 0.2) is 0 Å². The molecular formula is C12H15Cl2N. The number of hydrogen-bond acceptors (Lipinski definition) is 1. The largest absolute Gasteiger partial charge is 0.327 e. The van der Waals surface area contributed by atoms with Crippen molar-refractivity contribution in [3.63, 3.8) is 0 Å². The quantitative estimate of drug-likeness (QED) is 0.842. The number of halogens is 2. The van der Waals surface area contributed by atoms with E-state index in [2.05, 4.69) is 13.0 Å². The van der Waals surface area contributed by atoms with Crippen LogP contribution in [0.5, 0.6) is 0 Å². The van der Waals surface area contributed by atoms with Gasteiger partial charge in [-0.3, -0.25) is 0 Å². The van der Waals surface area contributed by atoms with Gasteiger partial charge in [0.25, 0.3) is 0 Å². The van der Waals surface area contributed by atoms with Crippen LogP contribution in [0.4, 0.5) is 0 Å². The van der Waals surface area contributed by atoms with E-state index in [9.17, 15) is 0 Å². The highest BCUT2D eigenvalue weighted by Gasteiger charge is 2.41. The Balaban J connectivity index is 2.39. The molecule has 0 spiro atoms. The summed E-state index contributed by atoms with van der Waals surface area (Å²) in [6.45, 7) is 2.07. The van der Waals surface area contributed by atoms with E-state index in [1.165, 1.54) is 12.0 Å². The highest BCUT2D eigenvalue weighted by molar-refractivity contribution is 6.42. The Bertz CT molecular complexity index is 370. The summed E-state index contributed by atoms with van der Waals surface area (Å²) in [5, 5.41) is 1.24. The summed E-state index contributed by atoms with van der Waals surface area (Å²) in [6.07, 6.45) is 3.56. The first-order chi connectivity index (χ1) is 7.06. The lowest BCUT2D eigenvalue weighted by molar-refractivity contribution is 0.205. The van der Waals surface area contributed by atoms with Crippen molar-refractivity contribution < 1.29 is 0 Å². The van der Waals surface area contributed by atoms with Crippen LogP contribution in [0.3, 0.4) is 0 Å². The molecule has 1 nitrogen and oxygen atoms in total. The van der Waals surface area contributed by atoms with Gasteiger partial charge in [0.2, 0.25) is 0 Å². The lowest BCUT2D eigenvalue weighted by atomic mass is 9.61. The van der Waals surface area contributed by atoms with Gasteiger partial charge in [-0.1, -0.05) is 35.7 Å². The molecule has 0 radical (unpaired) electrons. The molecule has 1 aliphatic carbocycles. The molecule has 1 aromatic carbocycles. The Hall–Kier alpha value is -0.240. The van der Waals surface area contributed by atoms with E-state index in [-0.39, 0.29) is 11.5 Å². The Labute approximate surface area is 101 Å². The van der Waals surface area contributed by atoms with Gasteiger partial charge in [0.1, 0.15) is 0 Å². The molecule has 3 heteroatoms. The molecule has 2 rings (SSSR count). The average molecular weight is 244 g/mol. The molecular weight excluding hydrogens is 229 g/mol. The molecule has 0 saturated heterocycles. The SMILES string of the molecule is CC(N)C1(c2ccc(Cl)c(Cl)c2)CCC1. The highest BCUT2D eigenvalue weighted by atomic mass is 35.5. The normalized spacial score (nSPS) is 20.8. The Morgan fingerprint density at radius 2 is 1.93 bits per heavy atom. The van der Waals surface area contributed by atoms with E-state index in [1.54, 1.807) is 0 Å². The molecule has 2 N–H and O–H groups in total. The van der Waals surface area contributed by atoms with Gasteiger partial charge in [-0.05, 0) is 37.5 Å². The van der Waals surface area contributed by atoms with Crippen LogP contribution >= 0.6 is 23.2 Å². The fraction of sp³-hybridized carbons (Fsp3) is 0.500. The number of hydrogen-bond donors (Lipinski definition) is 1.